The standard InChI is InChI=1S/C12H21N3O2/c1-8(2)13-10-5-6-15(12(10)17)7-9-3-4-11(16)14-9/h8-10,13H,3-7H2,1-2H3,(H,14,16). The highest BCUT2D eigenvalue weighted by Crippen LogP contribution is 2.15. The van der Waals surface area contributed by atoms with Crippen LogP contribution < -0.4 is 10.6 Å². The van der Waals surface area contributed by atoms with Crippen LogP contribution in [0.2, 0.25) is 0 Å². The Morgan fingerprint density at radius 1 is 1.41 bits per heavy atom. The molecule has 2 atom stereocenters. The molecular formula is C12H21N3O2. The van der Waals surface area contributed by atoms with Gasteiger partial charge < -0.3 is 15.5 Å². The number of carbonyl (C=O) groups is 2. The molecule has 0 aromatic heterocycles. The van der Waals surface area contributed by atoms with Gasteiger partial charge in [0.2, 0.25) is 11.8 Å². The predicted octanol–water partition coefficient (Wildman–Crippen LogP) is -0.136. The van der Waals surface area contributed by atoms with Gasteiger partial charge in [-0.15, -0.1) is 0 Å². The third-order valence-electron chi connectivity index (χ3n) is 3.36. The molecule has 2 N–H and O–H groups in total. The van der Waals surface area contributed by atoms with E-state index in [4.69, 9.17) is 0 Å². The van der Waals surface area contributed by atoms with Gasteiger partial charge in [-0.25, -0.2) is 0 Å². The Hall–Kier alpha value is -1.10. The van der Waals surface area contributed by atoms with Crippen molar-refractivity contribution < 1.29 is 9.59 Å². The maximum Gasteiger partial charge on any atom is 0.239 e. The largest absolute Gasteiger partial charge is 0.352 e. The quantitative estimate of drug-likeness (QED) is 0.718. The summed E-state index contributed by atoms with van der Waals surface area (Å²) in [4.78, 5) is 25.0. The van der Waals surface area contributed by atoms with E-state index in [1.807, 2.05) is 18.7 Å². The van der Waals surface area contributed by atoms with Crippen molar-refractivity contribution in [1.82, 2.24) is 15.5 Å². The SMILES string of the molecule is CC(C)NC1CCN(CC2CCC(=O)N2)C1=O. The summed E-state index contributed by atoms with van der Waals surface area (Å²) in [5.74, 6) is 0.290. The number of nitrogens with zero attached hydrogens (tertiary/aromatic N) is 1. The fourth-order valence-corrected chi connectivity index (χ4v) is 2.56. The van der Waals surface area contributed by atoms with Crippen LogP contribution in [0.5, 0.6) is 0 Å². The van der Waals surface area contributed by atoms with Gasteiger partial charge in [0.05, 0.1) is 6.04 Å². The summed E-state index contributed by atoms with van der Waals surface area (Å²) < 4.78 is 0. The molecule has 96 valence electrons. The van der Waals surface area contributed by atoms with Crippen LogP contribution in [0.1, 0.15) is 33.1 Å². The van der Waals surface area contributed by atoms with Crippen molar-refractivity contribution in [2.75, 3.05) is 13.1 Å². The van der Waals surface area contributed by atoms with Crippen molar-refractivity contribution >= 4 is 11.8 Å². The average Bonchev–Trinajstić information content (AvgIpc) is 2.79. The lowest BCUT2D eigenvalue weighted by Gasteiger charge is -2.21. The van der Waals surface area contributed by atoms with E-state index in [-0.39, 0.29) is 23.9 Å². The van der Waals surface area contributed by atoms with Crippen LogP contribution >= 0.6 is 0 Å². The van der Waals surface area contributed by atoms with E-state index >= 15 is 0 Å². The summed E-state index contributed by atoms with van der Waals surface area (Å²) >= 11 is 0. The zero-order valence-corrected chi connectivity index (χ0v) is 10.5. The normalized spacial score (nSPS) is 29.2. The van der Waals surface area contributed by atoms with Crippen molar-refractivity contribution in [2.45, 2.75) is 51.2 Å². The summed E-state index contributed by atoms with van der Waals surface area (Å²) in [7, 11) is 0. The van der Waals surface area contributed by atoms with E-state index in [0.717, 1.165) is 19.4 Å². The van der Waals surface area contributed by atoms with Gasteiger partial charge in [-0.1, -0.05) is 13.8 Å². The molecule has 2 saturated heterocycles. The Kier molecular flexibility index (Phi) is 3.66. The lowest BCUT2D eigenvalue weighted by Crippen LogP contribution is -2.45. The second kappa shape index (κ2) is 5.04. The lowest BCUT2D eigenvalue weighted by atomic mass is 10.2. The number of amides is 2. The van der Waals surface area contributed by atoms with Crippen molar-refractivity contribution in [1.29, 1.82) is 0 Å². The number of hydrogen-bond donors (Lipinski definition) is 2. The maximum absolute atomic E-state index is 12.1. The van der Waals surface area contributed by atoms with Crippen molar-refractivity contribution in [2.24, 2.45) is 0 Å². The van der Waals surface area contributed by atoms with Crippen LogP contribution in [0.4, 0.5) is 0 Å². The van der Waals surface area contributed by atoms with E-state index in [1.165, 1.54) is 0 Å². The Balaban J connectivity index is 1.83. The highest BCUT2D eigenvalue weighted by atomic mass is 16.2. The molecule has 0 spiro atoms. The number of hydrogen-bond acceptors (Lipinski definition) is 3. The molecule has 2 aliphatic rings. The van der Waals surface area contributed by atoms with Gasteiger partial charge in [0.1, 0.15) is 0 Å². The molecule has 2 fully saturated rings. The van der Waals surface area contributed by atoms with Crippen molar-refractivity contribution in [3.63, 3.8) is 0 Å². The summed E-state index contributed by atoms with van der Waals surface area (Å²) in [5.41, 5.74) is 0. The van der Waals surface area contributed by atoms with Gasteiger partial charge in [0, 0.05) is 31.6 Å². The molecule has 0 aliphatic carbocycles. The third kappa shape index (κ3) is 2.97. The summed E-state index contributed by atoms with van der Waals surface area (Å²) in [6.07, 6.45) is 2.32. The van der Waals surface area contributed by atoms with Gasteiger partial charge in [0.25, 0.3) is 0 Å². The van der Waals surface area contributed by atoms with E-state index in [0.29, 0.717) is 19.0 Å². The minimum Gasteiger partial charge on any atom is -0.352 e. The van der Waals surface area contributed by atoms with Crippen LogP contribution in [0.25, 0.3) is 0 Å². The third-order valence-corrected chi connectivity index (χ3v) is 3.36. The first kappa shape index (κ1) is 12.4. The maximum atomic E-state index is 12.1. The topological polar surface area (TPSA) is 61.4 Å². The molecule has 5 heteroatoms. The highest BCUT2D eigenvalue weighted by molar-refractivity contribution is 5.84. The second-order valence-corrected chi connectivity index (χ2v) is 5.25. The average molecular weight is 239 g/mol. The van der Waals surface area contributed by atoms with Crippen LogP contribution in [-0.2, 0) is 9.59 Å². The Morgan fingerprint density at radius 3 is 2.76 bits per heavy atom. The number of nitrogens with one attached hydrogen (secondary N) is 2. The molecule has 2 unspecified atom stereocenters. The van der Waals surface area contributed by atoms with Crippen molar-refractivity contribution in [3.05, 3.63) is 0 Å². The molecule has 0 aromatic carbocycles. The van der Waals surface area contributed by atoms with Crippen molar-refractivity contribution in [3.8, 4) is 0 Å². The van der Waals surface area contributed by atoms with Gasteiger partial charge in [0.15, 0.2) is 0 Å². The highest BCUT2D eigenvalue weighted by Gasteiger charge is 2.34. The zero-order valence-electron chi connectivity index (χ0n) is 10.5. The molecule has 2 amide bonds. The van der Waals surface area contributed by atoms with E-state index in [9.17, 15) is 9.59 Å². The minimum atomic E-state index is -0.0351. The number of carbonyl (C=O) groups excluding carboxylic acids is 2. The van der Waals surface area contributed by atoms with E-state index < -0.39 is 0 Å². The van der Waals surface area contributed by atoms with Crippen LogP contribution in [0, 0.1) is 0 Å². The summed E-state index contributed by atoms with van der Waals surface area (Å²) in [5, 5.41) is 6.18. The first-order valence-corrected chi connectivity index (χ1v) is 6.40. The predicted molar refractivity (Wildman–Crippen MR) is 64.4 cm³/mol. The minimum absolute atomic E-state index is 0.0351. The fraction of sp³-hybridized carbons (Fsp3) is 0.833. The Bertz CT molecular complexity index is 317. The molecule has 2 rings (SSSR count). The molecule has 5 nitrogen and oxygen atoms in total. The van der Waals surface area contributed by atoms with Crippen LogP contribution in [0.15, 0.2) is 0 Å². The summed E-state index contributed by atoms with van der Waals surface area (Å²) in [6.45, 7) is 5.57. The molecule has 0 radical (unpaired) electrons. The van der Waals surface area contributed by atoms with Crippen LogP contribution in [0.3, 0.4) is 0 Å². The Morgan fingerprint density at radius 2 is 2.18 bits per heavy atom. The number of likely N-dealkylation sites (tertiary alicyclic amines) is 1. The smallest absolute Gasteiger partial charge is 0.239 e. The summed E-state index contributed by atoms with van der Waals surface area (Å²) in [6, 6.07) is 0.450. The van der Waals surface area contributed by atoms with Gasteiger partial charge in [-0.2, -0.15) is 0 Å². The molecule has 0 aromatic rings. The lowest BCUT2D eigenvalue weighted by molar-refractivity contribution is -0.130. The van der Waals surface area contributed by atoms with Gasteiger partial charge in [-0.05, 0) is 12.8 Å². The van der Waals surface area contributed by atoms with E-state index in [1.54, 1.807) is 0 Å². The molecule has 0 bridgehead atoms. The zero-order chi connectivity index (χ0) is 12.4. The Labute approximate surface area is 102 Å². The number of rotatable bonds is 4. The molecule has 0 saturated carbocycles. The second-order valence-electron chi connectivity index (χ2n) is 5.25. The molecule has 2 aliphatic heterocycles. The monoisotopic (exact) mass is 239 g/mol. The van der Waals surface area contributed by atoms with Gasteiger partial charge >= 0.3 is 0 Å². The fourth-order valence-electron chi connectivity index (χ4n) is 2.56. The van der Waals surface area contributed by atoms with Gasteiger partial charge in [-0.3, -0.25) is 9.59 Å². The molecule has 17 heavy (non-hydrogen) atoms. The first-order valence-electron chi connectivity index (χ1n) is 6.40. The molecule has 2 heterocycles. The van der Waals surface area contributed by atoms with E-state index in [2.05, 4.69) is 10.6 Å². The first-order chi connectivity index (χ1) is 8.06. The molecular weight excluding hydrogens is 218 g/mol. The van der Waals surface area contributed by atoms with Crippen LogP contribution in [-0.4, -0.2) is 47.9 Å².